The quantitative estimate of drug-likeness (QED) is 0.583. The monoisotopic (exact) mass is 426 g/mol. The minimum absolute atomic E-state index is 0.00741. The standard InChI is InChI=1S/C24H31ClN4O/c25-22-16-28-23(29-24(30)19-9-5-11-26-15-19)13-21(22)18-8-4-10-20(12-18)27-14-17-6-2-1-3-7-17/h4,8,10,12-13,16-17,19,26-27H,1-3,5-7,9,11,14-15H2,(H,28,29,30)/t19-/m1/s1. The third kappa shape index (κ3) is 5.52. The van der Waals surface area contributed by atoms with Crippen molar-refractivity contribution in [2.75, 3.05) is 30.3 Å². The molecule has 0 bridgehead atoms. The van der Waals surface area contributed by atoms with E-state index in [9.17, 15) is 4.79 Å². The first kappa shape index (κ1) is 21.1. The number of nitrogens with zero attached hydrogens (tertiary/aromatic N) is 1. The first-order valence-electron chi connectivity index (χ1n) is 11.2. The molecule has 1 saturated heterocycles. The fraction of sp³-hybridized carbons (Fsp3) is 0.500. The first-order valence-corrected chi connectivity index (χ1v) is 11.6. The van der Waals surface area contributed by atoms with Gasteiger partial charge in [-0.2, -0.15) is 0 Å². The third-order valence-corrected chi connectivity index (χ3v) is 6.57. The van der Waals surface area contributed by atoms with Crippen molar-refractivity contribution < 1.29 is 4.79 Å². The van der Waals surface area contributed by atoms with E-state index in [1.54, 1.807) is 6.20 Å². The van der Waals surface area contributed by atoms with Crippen molar-refractivity contribution in [2.45, 2.75) is 44.9 Å². The molecule has 1 atom stereocenters. The van der Waals surface area contributed by atoms with E-state index in [0.717, 1.165) is 55.2 Å². The number of carbonyl (C=O) groups excluding carboxylic acids is 1. The van der Waals surface area contributed by atoms with E-state index in [0.29, 0.717) is 10.8 Å². The van der Waals surface area contributed by atoms with Crippen LogP contribution in [0.5, 0.6) is 0 Å². The molecule has 5 nitrogen and oxygen atoms in total. The van der Waals surface area contributed by atoms with Crippen LogP contribution in [0, 0.1) is 11.8 Å². The molecule has 1 saturated carbocycles. The molecule has 0 radical (unpaired) electrons. The van der Waals surface area contributed by atoms with Gasteiger partial charge < -0.3 is 16.0 Å². The van der Waals surface area contributed by atoms with E-state index in [1.165, 1.54) is 32.1 Å². The number of rotatable bonds is 6. The predicted octanol–water partition coefficient (Wildman–Crippen LogP) is 5.33. The molecule has 1 aromatic carbocycles. The van der Waals surface area contributed by atoms with Gasteiger partial charge in [-0.05, 0) is 61.9 Å². The molecule has 1 aliphatic heterocycles. The van der Waals surface area contributed by atoms with E-state index in [-0.39, 0.29) is 11.8 Å². The van der Waals surface area contributed by atoms with Crippen molar-refractivity contribution >= 4 is 29.0 Å². The number of anilines is 2. The van der Waals surface area contributed by atoms with E-state index in [2.05, 4.69) is 33.1 Å². The fourth-order valence-corrected chi connectivity index (χ4v) is 4.69. The minimum atomic E-state index is -0.00741. The Bertz CT molecular complexity index is 860. The molecule has 1 amide bonds. The smallest absolute Gasteiger partial charge is 0.229 e. The Labute approximate surface area is 184 Å². The highest BCUT2D eigenvalue weighted by molar-refractivity contribution is 6.33. The van der Waals surface area contributed by atoms with Crippen LogP contribution in [0.2, 0.25) is 5.02 Å². The summed E-state index contributed by atoms with van der Waals surface area (Å²) in [4.78, 5) is 16.9. The summed E-state index contributed by atoms with van der Waals surface area (Å²) in [7, 11) is 0. The second kappa shape index (κ2) is 10.3. The van der Waals surface area contributed by atoms with Gasteiger partial charge in [0.2, 0.25) is 5.91 Å². The van der Waals surface area contributed by atoms with Crippen molar-refractivity contribution in [1.29, 1.82) is 0 Å². The zero-order valence-electron chi connectivity index (χ0n) is 17.4. The van der Waals surface area contributed by atoms with Crippen LogP contribution in [-0.4, -0.2) is 30.5 Å². The molecular weight excluding hydrogens is 396 g/mol. The van der Waals surface area contributed by atoms with Gasteiger partial charge in [-0.3, -0.25) is 4.79 Å². The number of halogens is 1. The van der Waals surface area contributed by atoms with E-state index in [1.807, 2.05) is 18.2 Å². The van der Waals surface area contributed by atoms with Gasteiger partial charge in [0.25, 0.3) is 0 Å². The lowest BCUT2D eigenvalue weighted by Gasteiger charge is -2.22. The molecule has 1 aromatic heterocycles. The van der Waals surface area contributed by atoms with Crippen LogP contribution in [0.1, 0.15) is 44.9 Å². The molecule has 30 heavy (non-hydrogen) atoms. The largest absolute Gasteiger partial charge is 0.385 e. The molecule has 2 fully saturated rings. The molecule has 4 rings (SSSR count). The van der Waals surface area contributed by atoms with Crippen molar-refractivity contribution in [2.24, 2.45) is 11.8 Å². The summed E-state index contributed by atoms with van der Waals surface area (Å²) in [5, 5.41) is 10.4. The summed E-state index contributed by atoms with van der Waals surface area (Å²) in [6.07, 6.45) is 10.3. The summed E-state index contributed by atoms with van der Waals surface area (Å²) < 4.78 is 0. The van der Waals surface area contributed by atoms with Gasteiger partial charge in [0.15, 0.2) is 0 Å². The minimum Gasteiger partial charge on any atom is -0.385 e. The SMILES string of the molecule is O=C(Nc1cc(-c2cccc(NCC3CCCCC3)c2)c(Cl)cn1)[C@@H]1CCCNC1. The molecule has 0 unspecified atom stereocenters. The van der Waals surface area contributed by atoms with Gasteiger partial charge in [0.1, 0.15) is 5.82 Å². The summed E-state index contributed by atoms with van der Waals surface area (Å²) >= 11 is 6.46. The van der Waals surface area contributed by atoms with Gasteiger partial charge >= 0.3 is 0 Å². The van der Waals surface area contributed by atoms with Crippen molar-refractivity contribution in [3.63, 3.8) is 0 Å². The Hall–Kier alpha value is -2.11. The molecule has 160 valence electrons. The Morgan fingerprint density at radius 2 is 2.00 bits per heavy atom. The maximum Gasteiger partial charge on any atom is 0.229 e. The Morgan fingerprint density at radius 1 is 1.13 bits per heavy atom. The third-order valence-electron chi connectivity index (χ3n) is 6.27. The summed E-state index contributed by atoms with van der Waals surface area (Å²) in [6.45, 7) is 2.73. The molecule has 6 heteroatoms. The number of benzene rings is 1. The number of piperidine rings is 1. The first-order chi connectivity index (χ1) is 14.7. The van der Waals surface area contributed by atoms with Crippen LogP contribution in [0.4, 0.5) is 11.5 Å². The van der Waals surface area contributed by atoms with Gasteiger partial charge in [-0.15, -0.1) is 0 Å². The average Bonchev–Trinajstić information content (AvgIpc) is 2.80. The van der Waals surface area contributed by atoms with Crippen LogP contribution in [0.25, 0.3) is 11.1 Å². The molecule has 2 heterocycles. The van der Waals surface area contributed by atoms with Gasteiger partial charge in [0.05, 0.1) is 10.9 Å². The lowest BCUT2D eigenvalue weighted by Crippen LogP contribution is -2.37. The number of hydrogen-bond donors (Lipinski definition) is 3. The fourth-order valence-electron chi connectivity index (χ4n) is 4.48. The van der Waals surface area contributed by atoms with Crippen molar-refractivity contribution in [3.8, 4) is 11.1 Å². The molecular formula is C24H31ClN4O. The van der Waals surface area contributed by atoms with Crippen LogP contribution < -0.4 is 16.0 Å². The number of amides is 1. The molecule has 1 aliphatic carbocycles. The van der Waals surface area contributed by atoms with Crippen LogP contribution in [0.3, 0.4) is 0 Å². The molecule has 2 aliphatic rings. The zero-order chi connectivity index (χ0) is 20.8. The second-order valence-electron chi connectivity index (χ2n) is 8.55. The number of pyridine rings is 1. The highest BCUT2D eigenvalue weighted by Crippen LogP contribution is 2.31. The van der Waals surface area contributed by atoms with Gasteiger partial charge in [-0.1, -0.05) is 43.0 Å². The summed E-state index contributed by atoms with van der Waals surface area (Å²) in [6, 6.07) is 10.2. The second-order valence-corrected chi connectivity index (χ2v) is 8.95. The van der Waals surface area contributed by atoms with E-state index < -0.39 is 0 Å². The van der Waals surface area contributed by atoms with Crippen LogP contribution >= 0.6 is 11.6 Å². The number of carbonyl (C=O) groups is 1. The highest BCUT2D eigenvalue weighted by Gasteiger charge is 2.21. The van der Waals surface area contributed by atoms with Crippen LogP contribution in [-0.2, 0) is 4.79 Å². The average molecular weight is 427 g/mol. The molecule has 2 aromatic rings. The maximum absolute atomic E-state index is 12.6. The van der Waals surface area contributed by atoms with Crippen LogP contribution in [0.15, 0.2) is 36.5 Å². The topological polar surface area (TPSA) is 66.0 Å². The lowest BCUT2D eigenvalue weighted by molar-refractivity contribution is -0.120. The lowest BCUT2D eigenvalue weighted by atomic mass is 9.89. The molecule has 3 N–H and O–H groups in total. The normalized spacial score (nSPS) is 20.0. The van der Waals surface area contributed by atoms with Gasteiger partial charge in [0, 0.05) is 30.5 Å². The number of aromatic nitrogens is 1. The van der Waals surface area contributed by atoms with E-state index >= 15 is 0 Å². The molecule has 0 spiro atoms. The summed E-state index contributed by atoms with van der Waals surface area (Å²) in [5.74, 6) is 1.33. The predicted molar refractivity (Wildman–Crippen MR) is 124 cm³/mol. The Kier molecular flexibility index (Phi) is 7.24. The van der Waals surface area contributed by atoms with Crippen molar-refractivity contribution in [1.82, 2.24) is 10.3 Å². The zero-order valence-corrected chi connectivity index (χ0v) is 18.2. The Balaban J connectivity index is 1.45. The summed E-state index contributed by atoms with van der Waals surface area (Å²) in [5.41, 5.74) is 3.00. The highest BCUT2D eigenvalue weighted by atomic mass is 35.5. The Morgan fingerprint density at radius 3 is 2.80 bits per heavy atom. The number of nitrogens with one attached hydrogen (secondary N) is 3. The number of hydrogen-bond acceptors (Lipinski definition) is 4. The van der Waals surface area contributed by atoms with Gasteiger partial charge in [-0.25, -0.2) is 4.98 Å². The maximum atomic E-state index is 12.6. The van der Waals surface area contributed by atoms with E-state index in [4.69, 9.17) is 11.6 Å². The van der Waals surface area contributed by atoms with Crippen molar-refractivity contribution in [3.05, 3.63) is 41.6 Å².